The zero-order valence-corrected chi connectivity index (χ0v) is 8.16. The largest absolute Gasteiger partial charge is 0.373 e. The van der Waals surface area contributed by atoms with Gasteiger partial charge in [-0.15, -0.1) is 0 Å². The van der Waals surface area contributed by atoms with E-state index in [0.29, 0.717) is 16.9 Å². The van der Waals surface area contributed by atoms with Crippen LogP contribution in [0.2, 0.25) is 5.15 Å². The van der Waals surface area contributed by atoms with Crippen molar-refractivity contribution in [2.45, 2.75) is 18.9 Å². The summed E-state index contributed by atoms with van der Waals surface area (Å²) < 4.78 is 5.33. The Morgan fingerprint density at radius 1 is 1.62 bits per heavy atom. The van der Waals surface area contributed by atoms with E-state index < -0.39 is 0 Å². The normalized spacial score (nSPS) is 18.6. The molecule has 1 aromatic rings. The minimum Gasteiger partial charge on any atom is -0.373 e. The summed E-state index contributed by atoms with van der Waals surface area (Å²) in [6.07, 6.45) is 4.10. The monoisotopic (exact) mass is 198 g/mol. The fourth-order valence-electron chi connectivity index (χ4n) is 1.40. The third-order valence-electron chi connectivity index (χ3n) is 2.20. The SMILES string of the molecule is COC(c1nccc(Cl)n1)C1CC1. The van der Waals surface area contributed by atoms with Crippen molar-refractivity contribution in [3.05, 3.63) is 23.2 Å². The highest BCUT2D eigenvalue weighted by Crippen LogP contribution is 2.41. The van der Waals surface area contributed by atoms with E-state index in [1.165, 1.54) is 12.8 Å². The van der Waals surface area contributed by atoms with E-state index in [1.807, 2.05) is 0 Å². The summed E-state index contributed by atoms with van der Waals surface area (Å²) in [5, 5.41) is 0.479. The molecule has 1 aromatic heterocycles. The van der Waals surface area contributed by atoms with E-state index in [4.69, 9.17) is 16.3 Å². The van der Waals surface area contributed by atoms with E-state index in [1.54, 1.807) is 19.4 Å². The van der Waals surface area contributed by atoms with Crippen LogP contribution in [0.3, 0.4) is 0 Å². The first-order chi connectivity index (χ1) is 6.31. The van der Waals surface area contributed by atoms with Gasteiger partial charge in [-0.05, 0) is 24.8 Å². The van der Waals surface area contributed by atoms with Crippen LogP contribution >= 0.6 is 11.6 Å². The Labute approximate surface area is 82.1 Å². The van der Waals surface area contributed by atoms with Gasteiger partial charge in [0.2, 0.25) is 0 Å². The number of aromatic nitrogens is 2. The van der Waals surface area contributed by atoms with Gasteiger partial charge in [-0.2, -0.15) is 0 Å². The molecule has 70 valence electrons. The van der Waals surface area contributed by atoms with Crippen LogP contribution in [0.4, 0.5) is 0 Å². The third-order valence-corrected chi connectivity index (χ3v) is 2.41. The lowest BCUT2D eigenvalue weighted by atomic mass is 10.2. The molecular weight excluding hydrogens is 188 g/mol. The molecule has 0 aromatic carbocycles. The fourth-order valence-corrected chi connectivity index (χ4v) is 1.54. The lowest BCUT2D eigenvalue weighted by Crippen LogP contribution is -2.08. The highest BCUT2D eigenvalue weighted by Gasteiger charge is 2.34. The minimum absolute atomic E-state index is 0.0266. The van der Waals surface area contributed by atoms with Gasteiger partial charge in [-0.1, -0.05) is 11.6 Å². The van der Waals surface area contributed by atoms with Gasteiger partial charge in [-0.3, -0.25) is 0 Å². The molecule has 3 nitrogen and oxygen atoms in total. The van der Waals surface area contributed by atoms with Crippen LogP contribution in [-0.4, -0.2) is 17.1 Å². The van der Waals surface area contributed by atoms with Gasteiger partial charge in [-0.25, -0.2) is 9.97 Å². The molecule has 4 heteroatoms. The second-order valence-corrected chi connectivity index (χ2v) is 3.62. The topological polar surface area (TPSA) is 35.0 Å². The number of halogens is 1. The van der Waals surface area contributed by atoms with Crippen molar-refractivity contribution in [1.82, 2.24) is 9.97 Å². The van der Waals surface area contributed by atoms with E-state index in [-0.39, 0.29) is 6.10 Å². The molecule has 13 heavy (non-hydrogen) atoms. The molecule has 1 aliphatic rings. The molecule has 1 aliphatic carbocycles. The summed E-state index contributed by atoms with van der Waals surface area (Å²) in [6.45, 7) is 0. The summed E-state index contributed by atoms with van der Waals surface area (Å²) in [4.78, 5) is 8.29. The highest BCUT2D eigenvalue weighted by molar-refractivity contribution is 6.29. The van der Waals surface area contributed by atoms with E-state index in [9.17, 15) is 0 Å². The standard InChI is InChI=1S/C9H11ClN2O/c1-13-8(6-2-3-6)9-11-5-4-7(10)12-9/h4-6,8H,2-3H2,1H3. The molecule has 1 unspecified atom stereocenters. The quantitative estimate of drug-likeness (QED) is 0.699. The molecule has 0 aliphatic heterocycles. The maximum absolute atomic E-state index is 5.76. The minimum atomic E-state index is 0.0266. The van der Waals surface area contributed by atoms with Crippen molar-refractivity contribution in [1.29, 1.82) is 0 Å². The average molecular weight is 199 g/mol. The lowest BCUT2D eigenvalue weighted by Gasteiger charge is -2.11. The van der Waals surface area contributed by atoms with Gasteiger partial charge < -0.3 is 4.74 Å². The Morgan fingerprint density at radius 2 is 2.38 bits per heavy atom. The van der Waals surface area contributed by atoms with Gasteiger partial charge in [0, 0.05) is 13.3 Å². The van der Waals surface area contributed by atoms with Crippen molar-refractivity contribution in [3.63, 3.8) is 0 Å². The van der Waals surface area contributed by atoms with Crippen molar-refractivity contribution in [2.75, 3.05) is 7.11 Å². The molecule has 1 atom stereocenters. The lowest BCUT2D eigenvalue weighted by molar-refractivity contribution is 0.0772. The van der Waals surface area contributed by atoms with Crippen molar-refractivity contribution < 1.29 is 4.74 Å². The molecule has 0 radical (unpaired) electrons. The Bertz CT molecular complexity index is 301. The van der Waals surface area contributed by atoms with Gasteiger partial charge in [0.25, 0.3) is 0 Å². The summed E-state index contributed by atoms with van der Waals surface area (Å²) >= 11 is 5.76. The van der Waals surface area contributed by atoms with Crippen LogP contribution in [0.1, 0.15) is 24.8 Å². The van der Waals surface area contributed by atoms with Crippen molar-refractivity contribution in [2.24, 2.45) is 5.92 Å². The Morgan fingerprint density at radius 3 is 2.92 bits per heavy atom. The first-order valence-corrected chi connectivity index (χ1v) is 4.70. The van der Waals surface area contributed by atoms with Crippen LogP contribution in [0.5, 0.6) is 0 Å². The number of hydrogen-bond donors (Lipinski definition) is 0. The number of nitrogens with zero attached hydrogens (tertiary/aromatic N) is 2. The first kappa shape index (κ1) is 8.91. The number of hydrogen-bond acceptors (Lipinski definition) is 3. The molecule has 1 saturated carbocycles. The molecule has 0 amide bonds. The first-order valence-electron chi connectivity index (χ1n) is 4.32. The predicted molar refractivity (Wildman–Crippen MR) is 49.5 cm³/mol. The smallest absolute Gasteiger partial charge is 0.159 e. The van der Waals surface area contributed by atoms with Crippen LogP contribution in [0.15, 0.2) is 12.3 Å². The second kappa shape index (κ2) is 3.60. The Hall–Kier alpha value is -0.670. The summed E-state index contributed by atoms with van der Waals surface area (Å²) in [6, 6.07) is 1.67. The zero-order chi connectivity index (χ0) is 9.26. The third kappa shape index (κ3) is 1.98. The maximum Gasteiger partial charge on any atom is 0.159 e. The summed E-state index contributed by atoms with van der Waals surface area (Å²) in [7, 11) is 1.69. The summed E-state index contributed by atoms with van der Waals surface area (Å²) in [5.41, 5.74) is 0. The second-order valence-electron chi connectivity index (χ2n) is 3.23. The van der Waals surface area contributed by atoms with Crippen molar-refractivity contribution >= 4 is 11.6 Å². The molecule has 0 saturated heterocycles. The van der Waals surface area contributed by atoms with Crippen LogP contribution in [-0.2, 0) is 4.74 Å². The number of ether oxygens (including phenoxy) is 1. The number of methoxy groups -OCH3 is 1. The average Bonchev–Trinajstić information content (AvgIpc) is 2.90. The van der Waals surface area contributed by atoms with Gasteiger partial charge in [0.05, 0.1) is 0 Å². The Balaban J connectivity index is 2.21. The molecule has 1 heterocycles. The number of rotatable bonds is 3. The van der Waals surface area contributed by atoms with Gasteiger partial charge in [0.15, 0.2) is 5.82 Å². The molecule has 0 bridgehead atoms. The molecular formula is C9H11ClN2O. The molecule has 0 spiro atoms. The van der Waals surface area contributed by atoms with Gasteiger partial charge in [0.1, 0.15) is 11.3 Å². The van der Waals surface area contributed by atoms with Crippen LogP contribution in [0.25, 0.3) is 0 Å². The molecule has 1 fully saturated rings. The molecule has 2 rings (SSSR count). The van der Waals surface area contributed by atoms with E-state index in [0.717, 1.165) is 0 Å². The predicted octanol–water partition coefficient (Wildman–Crippen LogP) is 2.23. The van der Waals surface area contributed by atoms with E-state index in [2.05, 4.69) is 9.97 Å². The highest BCUT2D eigenvalue weighted by atomic mass is 35.5. The van der Waals surface area contributed by atoms with Gasteiger partial charge >= 0.3 is 0 Å². The summed E-state index contributed by atoms with van der Waals surface area (Å²) in [5.74, 6) is 1.29. The van der Waals surface area contributed by atoms with Crippen LogP contribution < -0.4 is 0 Å². The molecule has 0 N–H and O–H groups in total. The van der Waals surface area contributed by atoms with E-state index >= 15 is 0 Å². The zero-order valence-electron chi connectivity index (χ0n) is 7.40. The fraction of sp³-hybridized carbons (Fsp3) is 0.556. The van der Waals surface area contributed by atoms with Crippen molar-refractivity contribution in [3.8, 4) is 0 Å². The Kier molecular flexibility index (Phi) is 2.47. The van der Waals surface area contributed by atoms with Crippen LogP contribution in [0, 0.1) is 5.92 Å². The maximum atomic E-state index is 5.76.